The van der Waals surface area contributed by atoms with Crippen molar-refractivity contribution in [3.05, 3.63) is 304 Å². The molecule has 656 valence electrons. The van der Waals surface area contributed by atoms with Gasteiger partial charge in [0, 0.05) is 111 Å². The minimum Gasteiger partial charge on any atom is -0.488 e. The summed E-state index contributed by atoms with van der Waals surface area (Å²) in [4.78, 5) is 40.7. The number of fused-ring (bicyclic) bond motifs is 1. The molecule has 0 spiro atoms. The Hall–Kier alpha value is -12.8. The summed E-state index contributed by atoms with van der Waals surface area (Å²) < 4.78 is 109. The average molecular weight is 1750 g/mol. The number of hydrogen-bond acceptors (Lipinski definition) is 16. The summed E-state index contributed by atoms with van der Waals surface area (Å²) in [6.07, 6.45) is 5.66. The molecule has 0 saturated carbocycles. The van der Waals surface area contributed by atoms with Crippen molar-refractivity contribution in [1.82, 2.24) is 31.9 Å². The van der Waals surface area contributed by atoms with Gasteiger partial charge in [0.05, 0.1) is 0 Å². The highest BCUT2D eigenvalue weighted by molar-refractivity contribution is 7.17. The monoisotopic (exact) mass is 1750 g/mol. The maximum Gasteiger partial charge on any atom is 0.255 e. The number of halogens is 5. The largest absolute Gasteiger partial charge is 0.488 e. The van der Waals surface area contributed by atoms with E-state index in [4.69, 9.17) is 28.4 Å². The van der Waals surface area contributed by atoms with E-state index in [-0.39, 0.29) is 71.8 Å². The van der Waals surface area contributed by atoms with E-state index < -0.39 is 11.6 Å². The molecule has 6 atom stereocenters. The average Bonchev–Trinajstić information content (AvgIpc) is 1.71. The van der Waals surface area contributed by atoms with Crippen LogP contribution < -0.4 is 76.3 Å². The van der Waals surface area contributed by atoms with Gasteiger partial charge in [-0.2, -0.15) is 0 Å². The van der Waals surface area contributed by atoms with Crippen molar-refractivity contribution >= 4 is 56.2 Å². The lowest BCUT2D eigenvalue weighted by molar-refractivity contribution is 0.101. The number of carbonyl (C=O) groups is 3. The van der Waals surface area contributed by atoms with Crippen LogP contribution in [0.1, 0.15) is 86.3 Å². The van der Waals surface area contributed by atoms with Crippen LogP contribution in [0.4, 0.5) is 39.0 Å². The molecular weight excluding hydrogens is 1650 g/mol. The quantitative estimate of drug-likeness (QED) is 0.0257. The van der Waals surface area contributed by atoms with E-state index in [0.29, 0.717) is 80.0 Å². The molecule has 0 unspecified atom stereocenters. The van der Waals surface area contributed by atoms with Gasteiger partial charge in [0.2, 0.25) is 0 Å². The minimum absolute atomic E-state index is 0.0223. The summed E-state index contributed by atoms with van der Waals surface area (Å²) in [5.74, 6) is 0.396. The SMILES string of the molecule is Cc1cc(-c2cc(C(=O)Nc3ccc(O[C@H]4CCNC4)c(-c4ccc(F)cc4C)c3)ccc2O[C@H]2CCNC2)ccc1F.Cc1ccc(-c2cc(NC(=O)c3ccc(O[C@H]4CCNC4)c(-c4ccc(F)c(F)c4)c3)ccc2O[C@H]2CCNC2)cc1.O=C(Nc1ccc(O[C@H]2CCNC2)c(-c2ccc(F)cc2)c1)c1ccc(O[C@H]2CCNC2)c(-c2ccc3ccsc3c2)c1. The van der Waals surface area contributed by atoms with Crippen molar-refractivity contribution in [3.63, 3.8) is 0 Å². The normalized spacial score (nSPS) is 18.1. The third-order valence-electron chi connectivity index (χ3n) is 23.8. The van der Waals surface area contributed by atoms with E-state index in [1.807, 2.05) is 111 Å². The predicted octanol–water partition coefficient (Wildman–Crippen LogP) is 20.1. The zero-order chi connectivity index (χ0) is 88.2. The molecule has 3 amide bonds. The Bertz CT molecular complexity index is 6160. The lowest BCUT2D eigenvalue weighted by Crippen LogP contribution is -2.20. The van der Waals surface area contributed by atoms with Crippen LogP contribution in [0.2, 0.25) is 0 Å². The van der Waals surface area contributed by atoms with E-state index in [0.717, 1.165) is 201 Å². The third-order valence-corrected chi connectivity index (χ3v) is 24.6. The summed E-state index contributed by atoms with van der Waals surface area (Å²) in [6, 6.07) is 69.0. The second kappa shape index (κ2) is 40.5. The number of rotatable bonds is 24. The minimum atomic E-state index is -0.963. The molecule has 12 aromatic carbocycles. The van der Waals surface area contributed by atoms with Crippen LogP contribution in [-0.2, 0) is 0 Å². The van der Waals surface area contributed by atoms with Crippen LogP contribution in [0.3, 0.4) is 0 Å². The first-order valence-corrected chi connectivity index (χ1v) is 44.6. The number of nitrogens with one attached hydrogen (secondary N) is 9. The number of amides is 3. The smallest absolute Gasteiger partial charge is 0.255 e. The van der Waals surface area contributed by atoms with Gasteiger partial charge >= 0.3 is 0 Å². The fourth-order valence-electron chi connectivity index (χ4n) is 16.7. The molecule has 6 aliphatic heterocycles. The van der Waals surface area contributed by atoms with Gasteiger partial charge in [-0.3, -0.25) is 14.4 Å². The van der Waals surface area contributed by atoms with E-state index in [9.17, 15) is 36.3 Å². The standard InChI is InChI=1S/C35H35F2N3O3.C35H32FN3O3S.C34H33F2N3O3/c1-21-16-25(36)5-7-29(21)31-18-26(6-10-34(31)43-28-12-14-39-20-28)40-35(41)24-4-9-33(42-27-11-13-38-19-27)30(17-24)23-3-8-32(37)22(2)15-23;36-26-6-3-22(4-7-26)31-19-27(8-10-33(31)42-29-12-15-38-21-29)39-35(40)25-5-9-32(41-28-11-14-37-20-28)30(17-25)24-2-1-23-13-16-43-34(23)18-24;1-21-2-4-22(5-3-21)29-18-25(8-11-33(29)42-27-13-15-38-20-27)39-34(40)24-7-10-32(41-26-12-14-37-19-26)28(16-24)23-6-9-30(35)31(36)17-23/h3-10,15-18,27-28,38-39H,11-14,19-20H2,1-2H3,(H,40,41);1-10,13,16-19,28-29,37-38H,11-12,14-15,20-21H2,(H,39,40);2-11,16-18,26-27,37-38H,12-15,19-20H2,1H3,(H,39,40)/t27-,28-;28-,29-;26-,27-/m000/s1. The van der Waals surface area contributed by atoms with Crippen LogP contribution >= 0.6 is 11.3 Å². The molecule has 0 radical (unpaired) electrons. The molecule has 6 fully saturated rings. The highest BCUT2D eigenvalue weighted by Gasteiger charge is 2.29. The fraction of sp³-hybridized carbons (Fsp3) is 0.260. The first-order chi connectivity index (χ1) is 62.3. The van der Waals surface area contributed by atoms with Crippen LogP contribution in [0.25, 0.3) is 76.8 Å². The Balaban J connectivity index is 0.000000135. The Morgan fingerprint density at radius 2 is 0.641 bits per heavy atom. The Kier molecular flexibility index (Phi) is 27.6. The molecule has 128 heavy (non-hydrogen) atoms. The zero-order valence-electron chi connectivity index (χ0n) is 71.3. The first kappa shape index (κ1) is 87.3. The van der Waals surface area contributed by atoms with Gasteiger partial charge in [-0.15, -0.1) is 11.3 Å². The number of carbonyl (C=O) groups excluding carboxylic acids is 3. The molecule has 0 bridgehead atoms. The summed E-state index contributed by atoms with van der Waals surface area (Å²) in [5, 5.41) is 32.2. The number of hydrogen-bond donors (Lipinski definition) is 9. The predicted molar refractivity (Wildman–Crippen MR) is 496 cm³/mol. The second-order valence-electron chi connectivity index (χ2n) is 33.1. The molecule has 7 heterocycles. The molecule has 24 heteroatoms. The van der Waals surface area contributed by atoms with Gasteiger partial charge < -0.3 is 76.3 Å². The highest BCUT2D eigenvalue weighted by atomic mass is 32.1. The lowest BCUT2D eigenvalue weighted by atomic mass is 9.98. The van der Waals surface area contributed by atoms with Crippen LogP contribution in [0, 0.1) is 49.9 Å². The molecule has 9 N–H and O–H groups in total. The van der Waals surface area contributed by atoms with E-state index in [2.05, 4.69) is 77.5 Å². The molecule has 13 aromatic rings. The number of thiophene rings is 1. The van der Waals surface area contributed by atoms with Crippen LogP contribution in [-0.4, -0.2) is 133 Å². The Morgan fingerprint density at radius 3 is 1.03 bits per heavy atom. The van der Waals surface area contributed by atoms with Gasteiger partial charge in [0.25, 0.3) is 17.7 Å². The maximum absolute atomic E-state index is 14.2. The summed E-state index contributed by atoms with van der Waals surface area (Å²) in [7, 11) is 0. The molecule has 1 aromatic heterocycles. The molecule has 19 rings (SSSR count). The maximum atomic E-state index is 14.2. The van der Waals surface area contributed by atoms with Crippen LogP contribution in [0.15, 0.2) is 242 Å². The van der Waals surface area contributed by atoms with Crippen molar-refractivity contribution in [3.8, 4) is 101 Å². The third kappa shape index (κ3) is 21.6. The first-order valence-electron chi connectivity index (χ1n) is 43.7. The fourth-order valence-corrected chi connectivity index (χ4v) is 17.6. The number of anilines is 3. The molecule has 0 aliphatic carbocycles. The van der Waals surface area contributed by atoms with Gasteiger partial charge in [-0.1, -0.05) is 72.3 Å². The zero-order valence-corrected chi connectivity index (χ0v) is 72.1. The van der Waals surface area contributed by atoms with Crippen molar-refractivity contribution in [2.24, 2.45) is 0 Å². The van der Waals surface area contributed by atoms with E-state index in [1.165, 1.54) is 46.5 Å². The Morgan fingerprint density at radius 1 is 0.297 bits per heavy atom. The van der Waals surface area contributed by atoms with E-state index >= 15 is 0 Å². The highest BCUT2D eigenvalue weighted by Crippen LogP contribution is 2.43. The Labute approximate surface area is 744 Å². The van der Waals surface area contributed by atoms with Crippen molar-refractivity contribution in [1.29, 1.82) is 0 Å². The molecule has 18 nitrogen and oxygen atoms in total. The number of benzene rings is 12. The summed E-state index contributed by atoms with van der Waals surface area (Å²) in [6.45, 7) is 15.6. The second-order valence-corrected chi connectivity index (χ2v) is 34.1. The summed E-state index contributed by atoms with van der Waals surface area (Å²) >= 11 is 1.69. The van der Waals surface area contributed by atoms with Gasteiger partial charge in [-0.25, -0.2) is 22.0 Å². The number of ether oxygens (including phenoxy) is 6. The van der Waals surface area contributed by atoms with Crippen molar-refractivity contribution in [2.75, 3.05) is 94.5 Å². The van der Waals surface area contributed by atoms with Gasteiger partial charge in [0.1, 0.15) is 88.6 Å². The van der Waals surface area contributed by atoms with Crippen molar-refractivity contribution < 1.29 is 64.8 Å². The molecular formula is C104H100F5N9O9S. The van der Waals surface area contributed by atoms with Gasteiger partial charge in [-0.05, 0) is 324 Å². The lowest BCUT2D eigenvalue weighted by Gasteiger charge is -2.19. The number of aryl methyl sites for hydroxylation is 3. The van der Waals surface area contributed by atoms with Gasteiger partial charge in [0.15, 0.2) is 11.6 Å². The molecule has 6 saturated heterocycles. The summed E-state index contributed by atoms with van der Waals surface area (Å²) in [5.41, 5.74) is 15.0. The van der Waals surface area contributed by atoms with Crippen LogP contribution in [0.5, 0.6) is 34.5 Å². The molecule has 6 aliphatic rings. The van der Waals surface area contributed by atoms with E-state index in [1.54, 1.807) is 85.0 Å². The van der Waals surface area contributed by atoms with Crippen molar-refractivity contribution in [2.45, 2.75) is 95.9 Å². The topological polar surface area (TPSA) is 215 Å².